The van der Waals surface area contributed by atoms with E-state index in [1.165, 1.54) is 24.4 Å². The molecule has 1 unspecified atom stereocenters. The molecule has 2 nitrogen and oxygen atoms in total. The number of benzene rings is 1. The third kappa shape index (κ3) is 2.96. The zero-order valence-electron chi connectivity index (χ0n) is 9.62. The molecular formula is C13H11ClF2N2. The van der Waals surface area contributed by atoms with Gasteiger partial charge in [-0.2, -0.15) is 0 Å². The maximum absolute atomic E-state index is 13.0. The van der Waals surface area contributed by atoms with Crippen LogP contribution in [0.5, 0.6) is 0 Å². The van der Waals surface area contributed by atoms with Gasteiger partial charge in [-0.3, -0.25) is 4.98 Å². The normalized spacial score (nSPS) is 12.2. The lowest BCUT2D eigenvalue weighted by Gasteiger charge is -2.16. The van der Waals surface area contributed by atoms with Crippen LogP contribution in [0, 0.1) is 11.6 Å². The summed E-state index contributed by atoms with van der Waals surface area (Å²) in [4.78, 5) is 3.74. The van der Waals surface area contributed by atoms with E-state index in [2.05, 4.69) is 10.3 Å². The summed E-state index contributed by atoms with van der Waals surface area (Å²) in [6, 6.07) is 5.34. The quantitative estimate of drug-likeness (QED) is 0.903. The molecule has 0 amide bonds. The van der Waals surface area contributed by atoms with Gasteiger partial charge in [0.25, 0.3) is 0 Å². The van der Waals surface area contributed by atoms with Crippen LogP contribution < -0.4 is 5.32 Å². The molecule has 0 bridgehead atoms. The number of halogens is 3. The molecule has 2 aromatic rings. The second-order valence-corrected chi connectivity index (χ2v) is 4.33. The zero-order valence-corrected chi connectivity index (χ0v) is 10.4. The number of nitrogens with one attached hydrogen (secondary N) is 1. The molecule has 0 fully saturated rings. The number of aromatic nitrogens is 1. The molecule has 0 radical (unpaired) electrons. The molecule has 1 aromatic heterocycles. The average Bonchev–Trinajstić information content (AvgIpc) is 2.28. The number of anilines is 1. The standard InChI is InChI=1S/C13H11ClF2N2/c1-8(12-3-2-9(15)5-13(12)14)18-11-4-10(16)6-17-7-11/h2-8,18H,1H3. The van der Waals surface area contributed by atoms with E-state index in [1.807, 2.05) is 6.92 Å². The topological polar surface area (TPSA) is 24.9 Å². The van der Waals surface area contributed by atoms with Crippen molar-refractivity contribution in [3.05, 3.63) is 58.9 Å². The van der Waals surface area contributed by atoms with Crippen molar-refractivity contribution in [2.75, 3.05) is 5.32 Å². The molecule has 18 heavy (non-hydrogen) atoms. The Labute approximate surface area is 109 Å². The van der Waals surface area contributed by atoms with E-state index in [-0.39, 0.29) is 11.9 Å². The van der Waals surface area contributed by atoms with Crippen LogP contribution in [0.4, 0.5) is 14.5 Å². The Morgan fingerprint density at radius 3 is 2.61 bits per heavy atom. The summed E-state index contributed by atoms with van der Waals surface area (Å²) in [7, 11) is 0. The number of nitrogens with zero attached hydrogens (tertiary/aromatic N) is 1. The maximum atomic E-state index is 13.0. The average molecular weight is 269 g/mol. The highest BCUT2D eigenvalue weighted by atomic mass is 35.5. The van der Waals surface area contributed by atoms with Crippen LogP contribution in [0.2, 0.25) is 5.02 Å². The first-order valence-electron chi connectivity index (χ1n) is 5.38. The molecule has 0 saturated heterocycles. The van der Waals surface area contributed by atoms with E-state index in [4.69, 9.17) is 11.6 Å². The van der Waals surface area contributed by atoms with Crippen molar-refractivity contribution < 1.29 is 8.78 Å². The lowest BCUT2D eigenvalue weighted by molar-refractivity contribution is 0.621. The molecule has 1 aromatic carbocycles. The molecule has 94 valence electrons. The number of rotatable bonds is 3. The van der Waals surface area contributed by atoms with Gasteiger partial charge in [0.05, 0.1) is 24.1 Å². The van der Waals surface area contributed by atoms with Gasteiger partial charge in [0.2, 0.25) is 0 Å². The van der Waals surface area contributed by atoms with Crippen LogP contribution in [0.1, 0.15) is 18.5 Å². The first-order valence-corrected chi connectivity index (χ1v) is 5.76. The first kappa shape index (κ1) is 12.8. The number of hydrogen-bond donors (Lipinski definition) is 1. The summed E-state index contributed by atoms with van der Waals surface area (Å²) in [6.45, 7) is 1.85. The van der Waals surface area contributed by atoms with Crippen molar-refractivity contribution >= 4 is 17.3 Å². The van der Waals surface area contributed by atoms with Gasteiger partial charge < -0.3 is 5.32 Å². The second-order valence-electron chi connectivity index (χ2n) is 3.92. The molecule has 0 saturated carbocycles. The monoisotopic (exact) mass is 268 g/mol. The van der Waals surface area contributed by atoms with Gasteiger partial charge in [-0.1, -0.05) is 17.7 Å². The van der Waals surface area contributed by atoms with Crippen molar-refractivity contribution in [2.24, 2.45) is 0 Å². The number of pyridine rings is 1. The third-order valence-electron chi connectivity index (χ3n) is 2.52. The van der Waals surface area contributed by atoms with Crippen molar-refractivity contribution in [3.63, 3.8) is 0 Å². The van der Waals surface area contributed by atoms with E-state index in [0.717, 1.165) is 11.8 Å². The molecule has 1 N–H and O–H groups in total. The van der Waals surface area contributed by atoms with Crippen LogP contribution in [0.15, 0.2) is 36.7 Å². The summed E-state index contributed by atoms with van der Waals surface area (Å²) in [5.74, 6) is -0.805. The highest BCUT2D eigenvalue weighted by Gasteiger charge is 2.10. The Hall–Kier alpha value is -1.68. The fourth-order valence-corrected chi connectivity index (χ4v) is 2.00. The summed E-state index contributed by atoms with van der Waals surface area (Å²) >= 11 is 5.95. The maximum Gasteiger partial charge on any atom is 0.143 e. The van der Waals surface area contributed by atoms with Crippen molar-refractivity contribution in [3.8, 4) is 0 Å². The van der Waals surface area contributed by atoms with E-state index in [0.29, 0.717) is 10.7 Å². The molecule has 0 aliphatic heterocycles. The Kier molecular flexibility index (Phi) is 3.77. The minimum Gasteiger partial charge on any atom is -0.377 e. The van der Waals surface area contributed by atoms with Crippen molar-refractivity contribution in [1.29, 1.82) is 0 Å². The van der Waals surface area contributed by atoms with Gasteiger partial charge in [0.1, 0.15) is 11.6 Å². The summed E-state index contributed by atoms with van der Waals surface area (Å²) in [5.41, 5.74) is 1.28. The van der Waals surface area contributed by atoms with Crippen LogP contribution in [0.25, 0.3) is 0 Å². The molecule has 0 spiro atoms. The van der Waals surface area contributed by atoms with Gasteiger partial charge in [0, 0.05) is 11.1 Å². The summed E-state index contributed by atoms with van der Waals surface area (Å²) in [5, 5.41) is 3.38. The first-order chi connectivity index (χ1) is 8.56. The zero-order chi connectivity index (χ0) is 13.1. The fourth-order valence-electron chi connectivity index (χ4n) is 1.67. The Morgan fingerprint density at radius 1 is 1.17 bits per heavy atom. The van der Waals surface area contributed by atoms with E-state index in [1.54, 1.807) is 6.07 Å². The van der Waals surface area contributed by atoms with E-state index >= 15 is 0 Å². The molecule has 0 aliphatic rings. The highest BCUT2D eigenvalue weighted by molar-refractivity contribution is 6.31. The molecular weight excluding hydrogens is 258 g/mol. The minimum absolute atomic E-state index is 0.179. The van der Waals surface area contributed by atoms with Gasteiger partial charge in [-0.25, -0.2) is 8.78 Å². The predicted octanol–water partition coefficient (Wildman–Crippen LogP) is 4.19. The Bertz CT molecular complexity index is 560. The second kappa shape index (κ2) is 5.31. The predicted molar refractivity (Wildman–Crippen MR) is 67.6 cm³/mol. The summed E-state index contributed by atoms with van der Waals surface area (Å²) < 4.78 is 25.9. The highest BCUT2D eigenvalue weighted by Crippen LogP contribution is 2.26. The summed E-state index contributed by atoms with van der Waals surface area (Å²) in [6.07, 6.45) is 2.64. The molecule has 0 aliphatic carbocycles. The lowest BCUT2D eigenvalue weighted by Crippen LogP contribution is -2.07. The Balaban J connectivity index is 2.19. The van der Waals surface area contributed by atoms with E-state index in [9.17, 15) is 8.78 Å². The smallest absolute Gasteiger partial charge is 0.143 e. The number of hydrogen-bond acceptors (Lipinski definition) is 2. The SMILES string of the molecule is CC(Nc1cncc(F)c1)c1ccc(F)cc1Cl. The van der Waals surface area contributed by atoms with Crippen molar-refractivity contribution in [2.45, 2.75) is 13.0 Å². The minimum atomic E-state index is -0.419. The van der Waals surface area contributed by atoms with Crippen LogP contribution >= 0.6 is 11.6 Å². The van der Waals surface area contributed by atoms with Gasteiger partial charge in [-0.05, 0) is 24.6 Å². The fraction of sp³-hybridized carbons (Fsp3) is 0.154. The van der Waals surface area contributed by atoms with Gasteiger partial charge in [-0.15, -0.1) is 0 Å². The van der Waals surface area contributed by atoms with Crippen LogP contribution in [0.3, 0.4) is 0 Å². The van der Waals surface area contributed by atoms with Crippen LogP contribution in [-0.2, 0) is 0 Å². The molecule has 5 heteroatoms. The largest absolute Gasteiger partial charge is 0.377 e. The van der Waals surface area contributed by atoms with Crippen LogP contribution in [-0.4, -0.2) is 4.98 Å². The molecule has 1 atom stereocenters. The van der Waals surface area contributed by atoms with E-state index < -0.39 is 5.82 Å². The lowest BCUT2D eigenvalue weighted by atomic mass is 10.1. The Morgan fingerprint density at radius 2 is 1.94 bits per heavy atom. The van der Waals surface area contributed by atoms with Gasteiger partial charge in [0.15, 0.2) is 0 Å². The van der Waals surface area contributed by atoms with Gasteiger partial charge >= 0.3 is 0 Å². The molecule has 2 rings (SSSR count). The van der Waals surface area contributed by atoms with Crippen molar-refractivity contribution in [1.82, 2.24) is 4.98 Å². The third-order valence-corrected chi connectivity index (χ3v) is 2.84. The molecule has 1 heterocycles.